The van der Waals surface area contributed by atoms with Crippen LogP contribution in [0.4, 0.5) is 0 Å². The molecular weight excluding hydrogens is 1110 g/mol. The molecule has 6 aromatic rings. The van der Waals surface area contributed by atoms with Gasteiger partial charge < -0.3 is 0 Å². The van der Waals surface area contributed by atoms with Gasteiger partial charge in [0.2, 0.25) is 0 Å². The van der Waals surface area contributed by atoms with Gasteiger partial charge in [0.1, 0.15) is 0 Å². The molecule has 8 aliphatic rings. The first-order valence-electron chi connectivity index (χ1n) is 35.0. The van der Waals surface area contributed by atoms with Crippen LogP contribution >= 0.6 is 0 Å². The van der Waals surface area contributed by atoms with Gasteiger partial charge in [0, 0.05) is 0 Å². The molecule has 8 saturated carbocycles. The largest absolute Gasteiger partial charge is 0.0871 e. The van der Waals surface area contributed by atoms with Gasteiger partial charge in [-0.1, -0.05) is 219 Å². The number of benzene rings is 6. The predicted molar refractivity (Wildman–Crippen MR) is 405 cm³/mol. The highest BCUT2D eigenvalue weighted by molar-refractivity contribution is 5.69. The molecule has 470 valence electrons. The number of allylic oxidation sites excluding steroid dienone is 12. The van der Waals surface area contributed by atoms with Gasteiger partial charge >= 0.3 is 0 Å². The van der Waals surface area contributed by atoms with E-state index in [1.54, 1.807) is 33.4 Å². The summed E-state index contributed by atoms with van der Waals surface area (Å²) in [4.78, 5) is 0. The summed E-state index contributed by atoms with van der Waals surface area (Å²) in [6.45, 7) is 26.4. The first-order chi connectivity index (χ1) is 44.5. The highest BCUT2D eigenvalue weighted by Gasteiger charge is 2.79. The zero-order valence-corrected chi connectivity index (χ0v) is 57.7. The summed E-state index contributed by atoms with van der Waals surface area (Å²) in [5.41, 5.74) is 23.7. The third kappa shape index (κ3) is 11.5. The van der Waals surface area contributed by atoms with E-state index in [9.17, 15) is 0 Å². The Hall–Kier alpha value is -7.80. The molecule has 8 bridgehead atoms. The van der Waals surface area contributed by atoms with E-state index in [2.05, 4.69) is 338 Å². The Kier molecular flexibility index (Phi) is 17.9. The minimum Gasteiger partial charge on any atom is -0.0871 e. The van der Waals surface area contributed by atoms with E-state index in [4.69, 9.17) is 0 Å². The fraction of sp³-hybridized carbons (Fsp3) is 0.348. The minimum atomic E-state index is -0.172. The van der Waals surface area contributed by atoms with Crippen molar-refractivity contribution >= 4 is 72.9 Å². The Bertz CT molecular complexity index is 3280. The molecule has 92 heavy (non-hydrogen) atoms. The molecule has 6 aromatic carbocycles. The lowest BCUT2D eigenvalue weighted by atomic mass is 9.23. The molecule has 0 atom stereocenters. The van der Waals surface area contributed by atoms with Crippen LogP contribution in [-0.4, -0.2) is 0 Å². The second kappa shape index (κ2) is 25.6. The van der Waals surface area contributed by atoms with Crippen molar-refractivity contribution in [3.05, 3.63) is 282 Å². The van der Waals surface area contributed by atoms with Gasteiger partial charge in [-0.3, -0.25) is 0 Å². The van der Waals surface area contributed by atoms with Crippen molar-refractivity contribution in [1.82, 2.24) is 0 Å². The van der Waals surface area contributed by atoms with Crippen LogP contribution in [0.5, 0.6) is 0 Å². The molecule has 14 rings (SSSR count). The predicted octanol–water partition coefficient (Wildman–Crippen LogP) is 25.7. The lowest BCUT2D eigenvalue weighted by Gasteiger charge is -2.81. The molecule has 8 aliphatic carbocycles. The van der Waals surface area contributed by atoms with Crippen LogP contribution < -0.4 is 0 Å². The number of hydrogen-bond donors (Lipinski definition) is 0. The smallest absolute Gasteiger partial charge is 0.00241 e. The van der Waals surface area contributed by atoms with Crippen molar-refractivity contribution in [3.8, 4) is 0 Å². The molecule has 0 aliphatic heterocycles. The summed E-state index contributed by atoms with van der Waals surface area (Å²) in [7, 11) is 0. The molecule has 0 nitrogen and oxygen atoms in total. The highest BCUT2D eigenvalue weighted by Crippen LogP contribution is 2.86. The average molecular weight is 1210 g/mol. The van der Waals surface area contributed by atoms with Crippen molar-refractivity contribution in [2.75, 3.05) is 0 Å². The van der Waals surface area contributed by atoms with Gasteiger partial charge in [0.15, 0.2) is 0 Å². The van der Waals surface area contributed by atoms with E-state index < -0.39 is 0 Å². The van der Waals surface area contributed by atoms with Gasteiger partial charge in [0.05, 0.1) is 0 Å². The van der Waals surface area contributed by atoms with E-state index in [0.29, 0.717) is 0 Å². The highest BCUT2D eigenvalue weighted by atomic mass is 14.8. The van der Waals surface area contributed by atoms with Crippen molar-refractivity contribution in [2.24, 2.45) is 10.8 Å². The fourth-order valence-electron chi connectivity index (χ4n) is 21.6. The van der Waals surface area contributed by atoms with Crippen LogP contribution in [0.25, 0.3) is 72.9 Å². The van der Waals surface area contributed by atoms with Crippen molar-refractivity contribution in [1.29, 1.82) is 0 Å². The molecule has 0 amide bonds. The van der Waals surface area contributed by atoms with E-state index in [-0.39, 0.29) is 43.3 Å². The maximum absolute atomic E-state index is 2.67. The van der Waals surface area contributed by atoms with Crippen LogP contribution in [0, 0.1) is 10.8 Å². The summed E-state index contributed by atoms with van der Waals surface area (Å²) in [5.74, 6) is 0. The number of hydrogen-bond acceptors (Lipinski definition) is 0. The third-order valence-corrected chi connectivity index (χ3v) is 23.1. The summed E-state index contributed by atoms with van der Waals surface area (Å²) >= 11 is 0. The van der Waals surface area contributed by atoms with Crippen LogP contribution in [-0.2, 0) is 32.5 Å². The fourth-order valence-corrected chi connectivity index (χ4v) is 21.6. The van der Waals surface area contributed by atoms with Crippen molar-refractivity contribution in [3.63, 3.8) is 0 Å². The quantitative estimate of drug-likeness (QED) is 0.0758. The van der Waals surface area contributed by atoms with Crippen LogP contribution in [0.3, 0.4) is 0 Å². The lowest BCUT2D eigenvalue weighted by molar-refractivity contribution is -0.237. The Balaban J connectivity index is 1.28. The Morgan fingerprint density at radius 2 is 0.272 bits per heavy atom. The normalized spacial score (nSPS) is 29.5. The lowest BCUT2D eigenvalue weighted by Crippen LogP contribution is -2.75. The average Bonchev–Trinajstić information content (AvgIpc) is 0.640. The molecule has 0 unspecified atom stereocenters. The third-order valence-electron chi connectivity index (χ3n) is 23.1. The van der Waals surface area contributed by atoms with Gasteiger partial charge in [-0.2, -0.15) is 0 Å². The molecule has 0 N–H and O–H groups in total. The van der Waals surface area contributed by atoms with Crippen LogP contribution in [0.1, 0.15) is 260 Å². The van der Waals surface area contributed by atoms with E-state index in [0.717, 1.165) is 38.5 Å². The minimum absolute atomic E-state index is 0.121. The molecule has 0 aromatic heterocycles. The molecule has 0 spiro atoms. The van der Waals surface area contributed by atoms with Crippen molar-refractivity contribution in [2.45, 2.75) is 193 Å². The van der Waals surface area contributed by atoms with Gasteiger partial charge in [0.25, 0.3) is 0 Å². The topological polar surface area (TPSA) is 0 Å². The molecule has 0 saturated heterocycles. The Morgan fingerprint density at radius 3 is 0.370 bits per heavy atom. The monoisotopic (exact) mass is 1210 g/mol. The molecule has 0 heteroatoms. The van der Waals surface area contributed by atoms with Gasteiger partial charge in [-0.25, -0.2) is 0 Å². The molecular formula is C92H102. The van der Waals surface area contributed by atoms with Crippen LogP contribution in [0.2, 0.25) is 0 Å². The van der Waals surface area contributed by atoms with Gasteiger partial charge in [-0.05, 0) is 340 Å². The molecule has 0 heterocycles. The first kappa shape index (κ1) is 64.3. The Labute approximate surface area is 555 Å². The zero-order chi connectivity index (χ0) is 64.6. The standard InChI is InChI=1S/C92H102/c1-13-25-67-37-68(26-14-2)44-79(43-67)85-55-86(80-45-69(27-15-3)38-70(46-80)28-16-4)57-87(56-85,81-47-71(29-17-5)39-72(48-81)30-18-6)63-91(61-85,62-86)92-64-88(82-49-73(31-19-7)40-74(50-82)32-20-8)58-89(65-92,83-51-75(33-21-9)41-76(52-83)34-22-10)60-90(59-88,66-92)84-53-77(35-23-11)42-78(54-84)36-24-12/h13-54H,55-66H2,1-12H3/b25-13-,26-14-,27-15-,28-16-,29-17-,30-18-,31-19-,32-20-,33-21-,34-22-,35-23-,36-24-. The molecule has 0 radical (unpaired) electrons. The maximum Gasteiger partial charge on any atom is -0.00241 e. The SMILES string of the molecule is C/C=C\c1cc(/C=C\C)cc(C23CC4(c5cc(/C=C\C)cc(/C=C\C)c5)CC(c5cc(/C=C\C)cc(/C=C\C)c5)(C2)CC(C25CC6(c7cc(/C=C\C)cc(/C=C\C)c7)CC(c7cc(/C=C\C)cc(/C=C\C)c7)(CC(c7cc(/C=C\C)cc(/C=C\C)c7)(C6)C2)C5)(C3)C4)c1. The second-order valence-corrected chi connectivity index (χ2v) is 29.7. The molecule has 8 fully saturated rings. The van der Waals surface area contributed by atoms with E-state index in [1.807, 2.05) is 0 Å². The summed E-state index contributed by atoms with van der Waals surface area (Å²) in [6.07, 6.45) is 69.3. The maximum atomic E-state index is 2.67. The van der Waals surface area contributed by atoms with Gasteiger partial charge in [-0.15, -0.1) is 0 Å². The number of rotatable bonds is 19. The second-order valence-electron chi connectivity index (χ2n) is 29.7. The first-order valence-corrected chi connectivity index (χ1v) is 35.0. The van der Waals surface area contributed by atoms with Crippen molar-refractivity contribution < 1.29 is 0 Å². The summed E-state index contributed by atoms with van der Waals surface area (Å²) in [5, 5.41) is 0. The van der Waals surface area contributed by atoms with E-state index >= 15 is 0 Å². The summed E-state index contributed by atoms with van der Waals surface area (Å²) in [6, 6.07) is 46.7. The van der Waals surface area contributed by atoms with E-state index in [1.165, 1.54) is 105 Å². The zero-order valence-electron chi connectivity index (χ0n) is 57.7. The summed E-state index contributed by atoms with van der Waals surface area (Å²) < 4.78 is 0. The Morgan fingerprint density at radius 1 is 0.163 bits per heavy atom. The van der Waals surface area contributed by atoms with Crippen LogP contribution in [0.15, 0.2) is 182 Å².